The van der Waals surface area contributed by atoms with Crippen molar-refractivity contribution in [3.63, 3.8) is 0 Å². The largest absolute Gasteiger partial charge is 0.391 e. The minimum atomic E-state index is -0.913. The molecule has 0 aromatic heterocycles. The van der Waals surface area contributed by atoms with Crippen molar-refractivity contribution in [3.8, 4) is 0 Å². The Kier molecular flexibility index (Phi) is 5.63. The highest BCUT2D eigenvalue weighted by molar-refractivity contribution is 6.30. The zero-order chi connectivity index (χ0) is 14.5. The number of benzene rings is 1. The topological polar surface area (TPSA) is 67.8 Å². The monoisotopic (exact) mass is 284 g/mol. The molecular weight excluding hydrogens is 264 g/mol. The molecule has 0 fully saturated rings. The van der Waals surface area contributed by atoms with Crippen molar-refractivity contribution in [1.82, 2.24) is 0 Å². The van der Waals surface area contributed by atoms with Gasteiger partial charge in [-0.3, -0.25) is 0 Å². The van der Waals surface area contributed by atoms with E-state index in [1.807, 2.05) is 31.2 Å². The summed E-state index contributed by atoms with van der Waals surface area (Å²) >= 11 is 5.83. The Balaban J connectivity index is 2.50. The van der Waals surface area contributed by atoms with E-state index in [1.54, 1.807) is 13.8 Å². The Bertz CT molecular complexity index is 424. The third-order valence-electron chi connectivity index (χ3n) is 2.55. The molecule has 0 amide bonds. The Labute approximate surface area is 119 Å². The van der Waals surface area contributed by atoms with Crippen LogP contribution in [0.4, 0.5) is 0 Å². The van der Waals surface area contributed by atoms with Crippen LogP contribution in [-0.4, -0.2) is 23.2 Å². The first-order valence-electron chi connectivity index (χ1n) is 6.20. The second-order valence-corrected chi connectivity index (χ2v) is 5.77. The van der Waals surface area contributed by atoms with Crippen LogP contribution in [0.3, 0.4) is 0 Å². The molecule has 1 aromatic carbocycles. The van der Waals surface area contributed by atoms with Gasteiger partial charge in [-0.15, -0.1) is 0 Å². The number of rotatable bonds is 6. The number of oxime groups is 1. The first-order valence-corrected chi connectivity index (χ1v) is 6.58. The number of halogens is 1. The molecule has 5 heteroatoms. The van der Waals surface area contributed by atoms with Gasteiger partial charge < -0.3 is 15.7 Å². The molecule has 0 saturated heterocycles. The molecule has 3 N–H and O–H groups in total. The highest BCUT2D eigenvalue weighted by Gasteiger charge is 2.14. The summed E-state index contributed by atoms with van der Waals surface area (Å²) in [5.41, 5.74) is 6.06. The molecule has 0 aliphatic carbocycles. The van der Waals surface area contributed by atoms with Gasteiger partial charge in [0.05, 0.1) is 5.60 Å². The van der Waals surface area contributed by atoms with Gasteiger partial charge in [-0.2, -0.15) is 0 Å². The minimum Gasteiger partial charge on any atom is -0.391 e. The first-order chi connectivity index (χ1) is 8.78. The summed E-state index contributed by atoms with van der Waals surface area (Å²) in [5.74, 6) is 0.474. The van der Waals surface area contributed by atoms with Gasteiger partial charge in [0.1, 0.15) is 12.4 Å². The van der Waals surface area contributed by atoms with Crippen LogP contribution in [0.5, 0.6) is 0 Å². The van der Waals surface area contributed by atoms with Crippen LogP contribution in [0.25, 0.3) is 0 Å². The van der Waals surface area contributed by atoms with Crippen molar-refractivity contribution in [1.29, 1.82) is 0 Å². The molecular formula is C14H21ClN2O2. The second-order valence-electron chi connectivity index (χ2n) is 5.33. The molecule has 0 bridgehead atoms. The number of amidine groups is 1. The zero-order valence-electron chi connectivity index (χ0n) is 11.6. The van der Waals surface area contributed by atoms with E-state index in [2.05, 4.69) is 5.16 Å². The molecule has 0 spiro atoms. The third kappa shape index (κ3) is 6.45. The van der Waals surface area contributed by atoms with Crippen molar-refractivity contribution >= 4 is 17.4 Å². The van der Waals surface area contributed by atoms with E-state index in [0.717, 1.165) is 12.0 Å². The van der Waals surface area contributed by atoms with Crippen molar-refractivity contribution in [3.05, 3.63) is 34.9 Å². The lowest BCUT2D eigenvalue weighted by molar-refractivity contribution is -0.0194. The summed E-state index contributed by atoms with van der Waals surface area (Å²) in [7, 11) is 0. The molecule has 0 heterocycles. The molecule has 1 rings (SSSR count). The zero-order valence-corrected chi connectivity index (χ0v) is 12.3. The molecule has 0 unspecified atom stereocenters. The van der Waals surface area contributed by atoms with Crippen LogP contribution in [0.1, 0.15) is 26.3 Å². The van der Waals surface area contributed by atoms with E-state index in [1.165, 1.54) is 0 Å². The lowest BCUT2D eigenvalue weighted by Gasteiger charge is -2.16. The Morgan fingerprint density at radius 1 is 1.42 bits per heavy atom. The van der Waals surface area contributed by atoms with E-state index in [-0.39, 0.29) is 12.5 Å². The predicted octanol–water partition coefficient (Wildman–Crippen LogP) is 2.58. The summed E-state index contributed by atoms with van der Waals surface area (Å²) in [6, 6.07) is 7.62. The maximum absolute atomic E-state index is 9.48. The first kappa shape index (κ1) is 15.8. The summed E-state index contributed by atoms with van der Waals surface area (Å²) < 4.78 is 0. The highest BCUT2D eigenvalue weighted by atomic mass is 35.5. The molecule has 1 atom stereocenters. The molecule has 4 nitrogen and oxygen atoms in total. The van der Waals surface area contributed by atoms with E-state index in [9.17, 15) is 5.11 Å². The molecule has 1 aromatic rings. The van der Waals surface area contributed by atoms with E-state index >= 15 is 0 Å². The van der Waals surface area contributed by atoms with Crippen LogP contribution >= 0.6 is 11.6 Å². The Hall–Kier alpha value is -1.26. The standard InChI is InChI=1S/C14H21ClN2O2/c1-10(8-11-4-6-12(15)7-5-11)13(16)17-19-9-14(2,3)18/h4-7,10,18H,8-9H2,1-3H3,(H2,16,17)/t10-/m0/s1. The van der Waals surface area contributed by atoms with Gasteiger partial charge in [-0.25, -0.2) is 0 Å². The lowest BCUT2D eigenvalue weighted by atomic mass is 10.0. The van der Waals surface area contributed by atoms with Gasteiger partial charge in [0.15, 0.2) is 0 Å². The van der Waals surface area contributed by atoms with Gasteiger partial charge in [0, 0.05) is 10.9 Å². The molecule has 0 aliphatic heterocycles. The number of nitrogens with two attached hydrogens (primary N) is 1. The quantitative estimate of drug-likeness (QED) is 0.479. The van der Waals surface area contributed by atoms with Crippen LogP contribution < -0.4 is 5.73 Å². The lowest BCUT2D eigenvalue weighted by Crippen LogP contribution is -2.27. The van der Waals surface area contributed by atoms with Crippen LogP contribution in [-0.2, 0) is 11.3 Å². The number of hydrogen-bond acceptors (Lipinski definition) is 3. The third-order valence-corrected chi connectivity index (χ3v) is 2.80. The molecule has 0 saturated carbocycles. The Morgan fingerprint density at radius 2 is 2.00 bits per heavy atom. The van der Waals surface area contributed by atoms with Crippen LogP contribution in [0.15, 0.2) is 29.4 Å². The van der Waals surface area contributed by atoms with Gasteiger partial charge in [0.25, 0.3) is 0 Å². The number of hydrogen-bond donors (Lipinski definition) is 2. The maximum Gasteiger partial charge on any atom is 0.145 e. The van der Waals surface area contributed by atoms with E-state index < -0.39 is 5.60 Å². The van der Waals surface area contributed by atoms with Gasteiger partial charge >= 0.3 is 0 Å². The summed E-state index contributed by atoms with van der Waals surface area (Å²) in [6.45, 7) is 5.38. The fraction of sp³-hybridized carbons (Fsp3) is 0.500. The average molecular weight is 285 g/mol. The van der Waals surface area contributed by atoms with Gasteiger partial charge in [-0.05, 0) is 38.0 Å². The number of nitrogens with zero attached hydrogens (tertiary/aromatic N) is 1. The van der Waals surface area contributed by atoms with Crippen LogP contribution in [0, 0.1) is 5.92 Å². The Morgan fingerprint density at radius 3 is 2.53 bits per heavy atom. The maximum atomic E-state index is 9.48. The minimum absolute atomic E-state index is 0.0583. The van der Waals surface area contributed by atoms with Crippen molar-refractivity contribution in [2.75, 3.05) is 6.61 Å². The molecule has 0 aliphatic rings. The molecule has 0 radical (unpaired) electrons. The van der Waals surface area contributed by atoms with E-state index in [0.29, 0.717) is 10.9 Å². The molecule has 106 valence electrons. The van der Waals surface area contributed by atoms with Crippen molar-refractivity contribution in [2.45, 2.75) is 32.8 Å². The van der Waals surface area contributed by atoms with Gasteiger partial charge in [0.2, 0.25) is 0 Å². The van der Waals surface area contributed by atoms with E-state index in [4.69, 9.17) is 22.2 Å². The molecule has 19 heavy (non-hydrogen) atoms. The number of aliphatic hydroxyl groups is 1. The summed E-state index contributed by atoms with van der Waals surface area (Å²) in [6.07, 6.45) is 0.762. The summed E-state index contributed by atoms with van der Waals surface area (Å²) in [4.78, 5) is 5.03. The average Bonchev–Trinajstić information content (AvgIpc) is 2.30. The van der Waals surface area contributed by atoms with Gasteiger partial charge in [-0.1, -0.05) is 35.8 Å². The summed E-state index contributed by atoms with van der Waals surface area (Å²) in [5, 5.41) is 14.0. The SMILES string of the molecule is C[C@@H](Cc1ccc(Cl)cc1)/C(N)=N/OCC(C)(C)O. The highest BCUT2D eigenvalue weighted by Crippen LogP contribution is 2.13. The second kappa shape index (κ2) is 6.78. The van der Waals surface area contributed by atoms with Crippen molar-refractivity contribution < 1.29 is 9.94 Å². The van der Waals surface area contributed by atoms with Crippen molar-refractivity contribution in [2.24, 2.45) is 16.8 Å². The smallest absolute Gasteiger partial charge is 0.145 e. The predicted molar refractivity (Wildman–Crippen MR) is 78.2 cm³/mol. The fourth-order valence-electron chi connectivity index (χ4n) is 1.43. The normalized spacial score (nSPS) is 14.3. The van der Waals surface area contributed by atoms with Crippen LogP contribution in [0.2, 0.25) is 5.02 Å². The fourth-order valence-corrected chi connectivity index (χ4v) is 1.56.